The molecule has 0 aliphatic rings. The molecule has 0 radical (unpaired) electrons. The molecule has 3 nitrogen and oxygen atoms in total. The van der Waals surface area contributed by atoms with Crippen molar-refractivity contribution < 1.29 is 9.53 Å². The Morgan fingerprint density at radius 3 is 2.62 bits per heavy atom. The van der Waals surface area contributed by atoms with Crippen LogP contribution in [0.3, 0.4) is 0 Å². The van der Waals surface area contributed by atoms with Crippen LogP contribution < -0.4 is 10.1 Å². The molecule has 0 heterocycles. The van der Waals surface area contributed by atoms with E-state index < -0.39 is 0 Å². The fourth-order valence-corrected chi connectivity index (χ4v) is 1.91. The molecule has 0 unspecified atom stereocenters. The Morgan fingerprint density at radius 2 is 1.90 bits per heavy atom. The van der Waals surface area contributed by atoms with E-state index in [2.05, 4.69) is 5.32 Å². The van der Waals surface area contributed by atoms with Gasteiger partial charge in [-0.2, -0.15) is 0 Å². The van der Waals surface area contributed by atoms with Gasteiger partial charge in [0.15, 0.2) is 5.78 Å². The summed E-state index contributed by atoms with van der Waals surface area (Å²) in [6, 6.07) is 14.4. The van der Waals surface area contributed by atoms with Crippen molar-refractivity contribution in [2.45, 2.75) is 6.92 Å². The second kappa shape index (κ2) is 7.50. The van der Waals surface area contributed by atoms with Crippen LogP contribution >= 0.6 is 11.6 Å². The van der Waals surface area contributed by atoms with Crippen molar-refractivity contribution in [2.24, 2.45) is 0 Å². The highest BCUT2D eigenvalue weighted by Crippen LogP contribution is 2.23. The molecular weight excluding hydrogens is 286 g/mol. The lowest BCUT2D eigenvalue weighted by atomic mass is 10.1. The SMILES string of the molecule is CCOc1ccccc1NC=CC(=O)c1ccc(Cl)cc1. The zero-order chi connectivity index (χ0) is 15.1. The number of halogens is 1. The second-order valence-electron chi connectivity index (χ2n) is 4.28. The van der Waals surface area contributed by atoms with Gasteiger partial charge in [-0.1, -0.05) is 23.7 Å². The number of ketones is 1. The minimum Gasteiger partial charge on any atom is -0.492 e. The molecule has 1 N–H and O–H groups in total. The molecule has 2 aromatic carbocycles. The summed E-state index contributed by atoms with van der Waals surface area (Å²) in [5.74, 6) is 0.664. The van der Waals surface area contributed by atoms with E-state index in [-0.39, 0.29) is 5.78 Å². The predicted octanol–water partition coefficient (Wildman–Crippen LogP) is 4.55. The quantitative estimate of drug-likeness (QED) is 0.628. The number of para-hydroxylation sites is 2. The molecule has 4 heteroatoms. The highest BCUT2D eigenvalue weighted by atomic mass is 35.5. The highest BCUT2D eigenvalue weighted by Gasteiger charge is 2.02. The van der Waals surface area contributed by atoms with Gasteiger partial charge in [-0.05, 0) is 43.3 Å². The van der Waals surface area contributed by atoms with Gasteiger partial charge in [0.05, 0.1) is 12.3 Å². The average molecular weight is 302 g/mol. The standard InChI is InChI=1S/C17H16ClNO2/c1-2-21-17-6-4-3-5-15(17)19-12-11-16(20)13-7-9-14(18)10-8-13/h3-12,19H,2H2,1H3. The molecule has 2 rings (SSSR count). The fraction of sp³-hybridized carbons (Fsp3) is 0.118. The molecule has 0 amide bonds. The summed E-state index contributed by atoms with van der Waals surface area (Å²) in [7, 11) is 0. The third kappa shape index (κ3) is 4.36. The maximum atomic E-state index is 12.0. The van der Waals surface area contributed by atoms with Crippen LogP contribution in [0.4, 0.5) is 5.69 Å². The van der Waals surface area contributed by atoms with E-state index in [0.717, 1.165) is 11.4 Å². The number of carbonyl (C=O) groups excluding carboxylic acids is 1. The van der Waals surface area contributed by atoms with E-state index in [1.165, 1.54) is 6.08 Å². The van der Waals surface area contributed by atoms with Crippen LogP contribution in [-0.2, 0) is 0 Å². The first-order valence-electron chi connectivity index (χ1n) is 6.65. The molecule has 2 aromatic rings. The van der Waals surface area contributed by atoms with Gasteiger partial charge in [0.25, 0.3) is 0 Å². The summed E-state index contributed by atoms with van der Waals surface area (Å²) in [6.07, 6.45) is 3.08. The summed E-state index contributed by atoms with van der Waals surface area (Å²) in [6.45, 7) is 2.52. The van der Waals surface area contributed by atoms with Crippen molar-refractivity contribution in [1.82, 2.24) is 0 Å². The number of hydrogen-bond donors (Lipinski definition) is 1. The Hall–Kier alpha value is -2.26. The van der Waals surface area contributed by atoms with Crippen LogP contribution in [0, 0.1) is 0 Å². The van der Waals surface area contributed by atoms with Crippen molar-refractivity contribution in [3.8, 4) is 5.75 Å². The van der Waals surface area contributed by atoms with E-state index >= 15 is 0 Å². The number of benzene rings is 2. The lowest BCUT2D eigenvalue weighted by Gasteiger charge is -2.09. The van der Waals surface area contributed by atoms with Gasteiger partial charge in [0, 0.05) is 22.9 Å². The minimum atomic E-state index is -0.0898. The first-order chi connectivity index (χ1) is 10.2. The third-order valence-corrected chi connectivity index (χ3v) is 3.04. The number of anilines is 1. The number of nitrogens with one attached hydrogen (secondary N) is 1. The second-order valence-corrected chi connectivity index (χ2v) is 4.71. The number of hydrogen-bond acceptors (Lipinski definition) is 3. The van der Waals surface area contributed by atoms with Gasteiger partial charge < -0.3 is 10.1 Å². The first-order valence-corrected chi connectivity index (χ1v) is 7.03. The number of rotatable bonds is 6. The largest absolute Gasteiger partial charge is 0.492 e. The van der Waals surface area contributed by atoms with Gasteiger partial charge in [-0.3, -0.25) is 4.79 Å². The zero-order valence-corrected chi connectivity index (χ0v) is 12.4. The number of allylic oxidation sites excluding steroid dienone is 1. The Morgan fingerprint density at radius 1 is 1.19 bits per heavy atom. The molecular formula is C17H16ClNO2. The van der Waals surface area contributed by atoms with E-state index in [0.29, 0.717) is 17.2 Å². The summed E-state index contributed by atoms with van der Waals surface area (Å²) in [5, 5.41) is 3.67. The lowest BCUT2D eigenvalue weighted by molar-refractivity contribution is 0.104. The maximum absolute atomic E-state index is 12.0. The van der Waals surface area contributed by atoms with Crippen LogP contribution in [0.2, 0.25) is 5.02 Å². The van der Waals surface area contributed by atoms with Crippen molar-refractivity contribution in [3.05, 3.63) is 71.4 Å². The molecule has 0 saturated heterocycles. The highest BCUT2D eigenvalue weighted by molar-refractivity contribution is 6.30. The smallest absolute Gasteiger partial charge is 0.187 e. The Labute approximate surface area is 129 Å². The molecule has 0 aromatic heterocycles. The van der Waals surface area contributed by atoms with Crippen LogP contribution in [0.25, 0.3) is 0 Å². The van der Waals surface area contributed by atoms with E-state index in [1.54, 1.807) is 30.5 Å². The van der Waals surface area contributed by atoms with Gasteiger partial charge in [0.1, 0.15) is 5.75 Å². The summed E-state index contributed by atoms with van der Waals surface area (Å²) in [4.78, 5) is 12.0. The van der Waals surface area contributed by atoms with Crippen molar-refractivity contribution in [1.29, 1.82) is 0 Å². The Kier molecular flexibility index (Phi) is 5.41. The molecule has 108 valence electrons. The summed E-state index contributed by atoms with van der Waals surface area (Å²) in [5.41, 5.74) is 1.41. The van der Waals surface area contributed by atoms with E-state index in [9.17, 15) is 4.79 Å². The van der Waals surface area contributed by atoms with Gasteiger partial charge in [-0.25, -0.2) is 0 Å². The van der Waals surface area contributed by atoms with E-state index in [1.807, 2.05) is 31.2 Å². The normalized spacial score (nSPS) is 10.6. The van der Waals surface area contributed by atoms with Gasteiger partial charge in [0.2, 0.25) is 0 Å². The third-order valence-electron chi connectivity index (χ3n) is 2.79. The predicted molar refractivity (Wildman–Crippen MR) is 86.2 cm³/mol. The first kappa shape index (κ1) is 15.1. The molecule has 0 aliphatic heterocycles. The molecule has 0 saturated carbocycles. The van der Waals surface area contributed by atoms with Gasteiger partial charge in [-0.15, -0.1) is 0 Å². The molecule has 0 fully saturated rings. The monoisotopic (exact) mass is 301 g/mol. The van der Waals surface area contributed by atoms with Crippen molar-refractivity contribution in [2.75, 3.05) is 11.9 Å². The molecule has 0 spiro atoms. The molecule has 0 atom stereocenters. The van der Waals surface area contributed by atoms with Crippen LogP contribution in [0.1, 0.15) is 17.3 Å². The van der Waals surface area contributed by atoms with Gasteiger partial charge >= 0.3 is 0 Å². The minimum absolute atomic E-state index is 0.0898. The average Bonchev–Trinajstić information content (AvgIpc) is 2.50. The summed E-state index contributed by atoms with van der Waals surface area (Å²) >= 11 is 5.79. The molecule has 21 heavy (non-hydrogen) atoms. The Balaban J connectivity index is 2.02. The lowest BCUT2D eigenvalue weighted by Crippen LogP contribution is -1.98. The van der Waals surface area contributed by atoms with Crippen LogP contribution in [-0.4, -0.2) is 12.4 Å². The van der Waals surface area contributed by atoms with Crippen molar-refractivity contribution >= 4 is 23.1 Å². The Bertz CT molecular complexity index is 635. The molecule has 0 bridgehead atoms. The topological polar surface area (TPSA) is 38.3 Å². The summed E-state index contributed by atoms with van der Waals surface area (Å²) < 4.78 is 5.50. The van der Waals surface area contributed by atoms with Crippen LogP contribution in [0.5, 0.6) is 5.75 Å². The zero-order valence-electron chi connectivity index (χ0n) is 11.7. The van der Waals surface area contributed by atoms with Crippen LogP contribution in [0.15, 0.2) is 60.8 Å². The number of carbonyl (C=O) groups is 1. The maximum Gasteiger partial charge on any atom is 0.187 e. The molecule has 0 aliphatic carbocycles. The van der Waals surface area contributed by atoms with E-state index in [4.69, 9.17) is 16.3 Å². The van der Waals surface area contributed by atoms with Crippen molar-refractivity contribution in [3.63, 3.8) is 0 Å². The number of ether oxygens (including phenoxy) is 1. The fourth-order valence-electron chi connectivity index (χ4n) is 1.78.